The first kappa shape index (κ1) is 12.9. The molecule has 0 aliphatic heterocycles. The molecule has 5 heteroatoms. The number of hydrogen-bond donors (Lipinski definition) is 2. The highest BCUT2D eigenvalue weighted by Gasteiger charge is 2.07. The van der Waals surface area contributed by atoms with E-state index in [0.717, 1.165) is 32.4 Å². The first-order chi connectivity index (χ1) is 9.65. The number of aromatic nitrogens is 2. The molecule has 0 saturated carbocycles. The van der Waals surface area contributed by atoms with Gasteiger partial charge in [-0.3, -0.25) is 0 Å². The summed E-state index contributed by atoms with van der Waals surface area (Å²) in [5.74, 6) is 0.765. The molecule has 1 heterocycles. The van der Waals surface area contributed by atoms with E-state index in [4.69, 9.17) is 5.73 Å². The third kappa shape index (κ3) is 2.32. The van der Waals surface area contributed by atoms with Crippen LogP contribution in [0.3, 0.4) is 0 Å². The fourth-order valence-corrected chi connectivity index (χ4v) is 2.41. The molecule has 1 aromatic heterocycles. The van der Waals surface area contributed by atoms with Crippen molar-refractivity contribution in [2.75, 3.05) is 11.1 Å². The predicted octanol–water partition coefficient (Wildman–Crippen LogP) is 4.03. The van der Waals surface area contributed by atoms with Crippen LogP contribution >= 0.6 is 15.9 Å². The molecular weight excluding hydrogens is 316 g/mol. The predicted molar refractivity (Wildman–Crippen MR) is 86.1 cm³/mol. The molecule has 0 unspecified atom stereocenters. The molecule has 0 saturated heterocycles. The Morgan fingerprint density at radius 1 is 1.15 bits per heavy atom. The summed E-state index contributed by atoms with van der Waals surface area (Å²) in [7, 11) is 0. The Bertz CT molecular complexity index is 786. The number of nitrogens with two attached hydrogens (primary N) is 1. The highest BCUT2D eigenvalue weighted by atomic mass is 79.9. The van der Waals surface area contributed by atoms with Crippen molar-refractivity contribution < 1.29 is 0 Å². The molecule has 0 aliphatic rings. The number of fused-ring (bicyclic) bond motifs is 1. The van der Waals surface area contributed by atoms with Crippen LogP contribution in [0.4, 0.5) is 17.2 Å². The molecule has 0 amide bonds. The molecule has 3 N–H and O–H groups in total. The number of nitrogens with zero attached hydrogens (tertiary/aromatic N) is 2. The van der Waals surface area contributed by atoms with Gasteiger partial charge in [0.2, 0.25) is 0 Å². The lowest BCUT2D eigenvalue weighted by atomic mass is 10.2. The Balaban J connectivity index is 2.09. The standard InChI is InChI=1S/C15H13BrN4/c1-9-3-2-4-12(14(9)16)20-15-11-6-5-10(17)7-13(11)18-8-19-15/h2-8H,17H2,1H3,(H,18,19,20). The normalized spacial score (nSPS) is 10.7. The van der Waals surface area contributed by atoms with Crippen molar-refractivity contribution in [3.05, 3.63) is 52.8 Å². The molecule has 0 fully saturated rings. The number of benzene rings is 2. The Morgan fingerprint density at radius 3 is 2.85 bits per heavy atom. The average Bonchev–Trinajstić information content (AvgIpc) is 2.44. The second kappa shape index (κ2) is 5.09. The van der Waals surface area contributed by atoms with Crippen molar-refractivity contribution in [3.63, 3.8) is 0 Å². The molecule has 3 rings (SSSR count). The van der Waals surface area contributed by atoms with E-state index in [1.54, 1.807) is 0 Å². The van der Waals surface area contributed by atoms with E-state index in [0.29, 0.717) is 5.69 Å². The third-order valence-electron chi connectivity index (χ3n) is 3.11. The second-order valence-electron chi connectivity index (χ2n) is 4.56. The minimum atomic E-state index is 0.693. The minimum absolute atomic E-state index is 0.693. The number of anilines is 3. The smallest absolute Gasteiger partial charge is 0.141 e. The van der Waals surface area contributed by atoms with Gasteiger partial charge in [0.05, 0.1) is 11.2 Å². The SMILES string of the molecule is Cc1cccc(Nc2ncnc3cc(N)ccc23)c1Br. The number of nitrogen functional groups attached to an aromatic ring is 1. The number of nitrogens with one attached hydrogen (secondary N) is 1. The van der Waals surface area contributed by atoms with Crippen molar-refractivity contribution in [1.29, 1.82) is 0 Å². The number of hydrogen-bond acceptors (Lipinski definition) is 4. The summed E-state index contributed by atoms with van der Waals surface area (Å²) < 4.78 is 1.03. The Labute approximate surface area is 125 Å². The Hall–Kier alpha value is -2.14. The van der Waals surface area contributed by atoms with Crippen molar-refractivity contribution in [2.24, 2.45) is 0 Å². The first-order valence-corrected chi connectivity index (χ1v) is 6.97. The zero-order chi connectivity index (χ0) is 14.1. The molecule has 2 aromatic carbocycles. The van der Waals surface area contributed by atoms with E-state index in [1.807, 2.05) is 43.3 Å². The van der Waals surface area contributed by atoms with Crippen LogP contribution in [-0.2, 0) is 0 Å². The second-order valence-corrected chi connectivity index (χ2v) is 5.35. The van der Waals surface area contributed by atoms with Gasteiger partial charge in [-0.1, -0.05) is 12.1 Å². The molecule has 0 radical (unpaired) electrons. The molecule has 100 valence electrons. The summed E-state index contributed by atoms with van der Waals surface area (Å²) >= 11 is 3.59. The first-order valence-electron chi connectivity index (χ1n) is 6.17. The van der Waals surface area contributed by atoms with E-state index in [2.05, 4.69) is 31.2 Å². The maximum Gasteiger partial charge on any atom is 0.141 e. The van der Waals surface area contributed by atoms with Crippen LogP contribution in [0, 0.1) is 6.92 Å². The van der Waals surface area contributed by atoms with Crippen LogP contribution < -0.4 is 11.1 Å². The average molecular weight is 329 g/mol. The quantitative estimate of drug-likeness (QED) is 0.697. The van der Waals surface area contributed by atoms with Gasteiger partial charge in [-0.2, -0.15) is 0 Å². The van der Waals surface area contributed by atoms with Crippen molar-refractivity contribution in [1.82, 2.24) is 9.97 Å². The zero-order valence-corrected chi connectivity index (χ0v) is 12.5. The molecule has 4 nitrogen and oxygen atoms in total. The molecule has 0 spiro atoms. The number of aryl methyl sites for hydroxylation is 1. The summed E-state index contributed by atoms with van der Waals surface area (Å²) in [5.41, 5.74) is 9.44. The Morgan fingerprint density at radius 2 is 2.00 bits per heavy atom. The molecule has 3 aromatic rings. The lowest BCUT2D eigenvalue weighted by molar-refractivity contribution is 1.22. The number of halogens is 1. The molecule has 0 aliphatic carbocycles. The van der Waals surface area contributed by atoms with Crippen LogP contribution in [0.25, 0.3) is 10.9 Å². The maximum atomic E-state index is 5.78. The lowest BCUT2D eigenvalue weighted by Crippen LogP contribution is -1.98. The minimum Gasteiger partial charge on any atom is -0.399 e. The van der Waals surface area contributed by atoms with Gasteiger partial charge >= 0.3 is 0 Å². The Kier molecular flexibility index (Phi) is 3.28. The van der Waals surface area contributed by atoms with E-state index < -0.39 is 0 Å². The van der Waals surface area contributed by atoms with Crippen LogP contribution in [0.15, 0.2) is 47.2 Å². The van der Waals surface area contributed by atoms with Gasteiger partial charge in [0, 0.05) is 15.5 Å². The van der Waals surface area contributed by atoms with Gasteiger partial charge in [-0.25, -0.2) is 9.97 Å². The number of rotatable bonds is 2. The van der Waals surface area contributed by atoms with E-state index in [-0.39, 0.29) is 0 Å². The van der Waals surface area contributed by atoms with Gasteiger partial charge in [0.1, 0.15) is 12.1 Å². The monoisotopic (exact) mass is 328 g/mol. The van der Waals surface area contributed by atoms with Gasteiger partial charge in [-0.05, 0) is 52.7 Å². The largest absolute Gasteiger partial charge is 0.399 e. The molecule has 20 heavy (non-hydrogen) atoms. The zero-order valence-electron chi connectivity index (χ0n) is 10.9. The molecular formula is C15H13BrN4. The van der Waals surface area contributed by atoms with E-state index in [1.165, 1.54) is 6.33 Å². The highest BCUT2D eigenvalue weighted by molar-refractivity contribution is 9.10. The van der Waals surface area contributed by atoms with Gasteiger partial charge in [0.25, 0.3) is 0 Å². The maximum absolute atomic E-state index is 5.78. The van der Waals surface area contributed by atoms with E-state index >= 15 is 0 Å². The van der Waals surface area contributed by atoms with Crippen LogP contribution in [0.2, 0.25) is 0 Å². The van der Waals surface area contributed by atoms with Crippen molar-refractivity contribution in [2.45, 2.75) is 6.92 Å². The van der Waals surface area contributed by atoms with Gasteiger partial charge in [0.15, 0.2) is 0 Å². The van der Waals surface area contributed by atoms with Crippen molar-refractivity contribution >= 4 is 44.0 Å². The summed E-state index contributed by atoms with van der Waals surface area (Å²) in [6.07, 6.45) is 1.54. The third-order valence-corrected chi connectivity index (χ3v) is 4.16. The fraction of sp³-hybridized carbons (Fsp3) is 0.0667. The summed E-state index contributed by atoms with van der Waals surface area (Å²) in [4.78, 5) is 8.56. The van der Waals surface area contributed by atoms with Gasteiger partial charge < -0.3 is 11.1 Å². The lowest BCUT2D eigenvalue weighted by Gasteiger charge is -2.11. The van der Waals surface area contributed by atoms with Crippen LogP contribution in [-0.4, -0.2) is 9.97 Å². The van der Waals surface area contributed by atoms with Crippen LogP contribution in [0.1, 0.15) is 5.56 Å². The topological polar surface area (TPSA) is 63.8 Å². The van der Waals surface area contributed by atoms with Gasteiger partial charge in [-0.15, -0.1) is 0 Å². The summed E-state index contributed by atoms with van der Waals surface area (Å²) in [5, 5.41) is 4.28. The van der Waals surface area contributed by atoms with Crippen molar-refractivity contribution in [3.8, 4) is 0 Å². The van der Waals surface area contributed by atoms with Crippen LogP contribution in [0.5, 0.6) is 0 Å². The summed E-state index contributed by atoms with van der Waals surface area (Å²) in [6, 6.07) is 11.7. The molecule has 0 bridgehead atoms. The summed E-state index contributed by atoms with van der Waals surface area (Å²) in [6.45, 7) is 2.05. The van der Waals surface area contributed by atoms with E-state index in [9.17, 15) is 0 Å². The molecule has 0 atom stereocenters. The highest BCUT2D eigenvalue weighted by Crippen LogP contribution is 2.30. The fourth-order valence-electron chi connectivity index (χ4n) is 2.05.